The standard InChI is InChI=1S/C13H30N2S/c1-6-8-13(3,11-14-7-2)12-15(4)9-10-16-5/h14H,6-12H2,1-5H3. The minimum atomic E-state index is 0.428. The average molecular weight is 246 g/mol. The van der Waals surface area contributed by atoms with Crippen LogP contribution in [0.4, 0.5) is 0 Å². The lowest BCUT2D eigenvalue weighted by atomic mass is 9.85. The molecule has 0 radical (unpaired) electrons. The van der Waals surface area contributed by atoms with Crippen LogP contribution in [-0.2, 0) is 0 Å². The molecular formula is C13H30N2S. The van der Waals surface area contributed by atoms with E-state index in [1.54, 1.807) is 0 Å². The summed E-state index contributed by atoms with van der Waals surface area (Å²) in [6.07, 6.45) is 4.76. The lowest BCUT2D eigenvalue weighted by molar-refractivity contribution is 0.180. The van der Waals surface area contributed by atoms with Crippen molar-refractivity contribution in [3.8, 4) is 0 Å². The van der Waals surface area contributed by atoms with Gasteiger partial charge in [-0.1, -0.05) is 27.2 Å². The molecule has 3 heteroatoms. The molecule has 1 unspecified atom stereocenters. The van der Waals surface area contributed by atoms with Crippen LogP contribution < -0.4 is 5.32 Å². The fourth-order valence-electron chi connectivity index (χ4n) is 2.23. The van der Waals surface area contributed by atoms with Gasteiger partial charge < -0.3 is 10.2 Å². The third-order valence-corrected chi connectivity index (χ3v) is 3.57. The second-order valence-electron chi connectivity index (χ2n) is 5.07. The number of nitrogens with one attached hydrogen (secondary N) is 1. The van der Waals surface area contributed by atoms with E-state index in [1.807, 2.05) is 11.8 Å². The van der Waals surface area contributed by atoms with Gasteiger partial charge >= 0.3 is 0 Å². The van der Waals surface area contributed by atoms with Crippen LogP contribution in [0.1, 0.15) is 33.6 Å². The summed E-state index contributed by atoms with van der Waals surface area (Å²) in [5, 5.41) is 3.50. The molecule has 0 fully saturated rings. The Morgan fingerprint density at radius 3 is 2.50 bits per heavy atom. The zero-order valence-corrected chi connectivity index (χ0v) is 12.6. The first-order valence-corrected chi connectivity index (χ1v) is 7.85. The molecule has 0 rings (SSSR count). The summed E-state index contributed by atoms with van der Waals surface area (Å²) in [7, 11) is 2.25. The van der Waals surface area contributed by atoms with Crippen LogP contribution in [0.3, 0.4) is 0 Å². The highest BCUT2D eigenvalue weighted by Crippen LogP contribution is 2.23. The second-order valence-corrected chi connectivity index (χ2v) is 6.06. The molecule has 0 saturated heterocycles. The predicted octanol–water partition coefficient (Wildman–Crippen LogP) is 2.70. The molecule has 0 saturated carbocycles. The summed E-state index contributed by atoms with van der Waals surface area (Å²) in [4.78, 5) is 2.48. The molecule has 2 nitrogen and oxygen atoms in total. The Kier molecular flexibility index (Phi) is 9.47. The molecule has 1 N–H and O–H groups in total. The largest absolute Gasteiger partial charge is 0.316 e. The van der Waals surface area contributed by atoms with E-state index in [4.69, 9.17) is 0 Å². The summed E-state index contributed by atoms with van der Waals surface area (Å²) in [6, 6.07) is 0. The Hall–Kier alpha value is 0.270. The average Bonchev–Trinajstić information content (AvgIpc) is 2.24. The van der Waals surface area contributed by atoms with E-state index in [0.29, 0.717) is 5.41 Å². The first kappa shape index (κ1) is 16.3. The van der Waals surface area contributed by atoms with Crippen molar-refractivity contribution in [2.24, 2.45) is 5.41 Å². The SMILES string of the molecule is CCCC(C)(CNCC)CN(C)CCSC. The second kappa shape index (κ2) is 9.32. The van der Waals surface area contributed by atoms with Crippen molar-refractivity contribution in [1.82, 2.24) is 10.2 Å². The summed E-state index contributed by atoms with van der Waals surface area (Å²) in [5.74, 6) is 1.24. The molecule has 1 atom stereocenters. The molecule has 0 aliphatic rings. The highest BCUT2D eigenvalue weighted by Gasteiger charge is 2.24. The van der Waals surface area contributed by atoms with Crippen LogP contribution in [0.25, 0.3) is 0 Å². The van der Waals surface area contributed by atoms with Gasteiger partial charge in [-0.25, -0.2) is 0 Å². The molecule has 0 aromatic rings. The fourth-order valence-corrected chi connectivity index (χ4v) is 2.73. The van der Waals surface area contributed by atoms with Crippen molar-refractivity contribution in [1.29, 1.82) is 0 Å². The molecule has 0 aliphatic carbocycles. The van der Waals surface area contributed by atoms with Crippen LogP contribution >= 0.6 is 11.8 Å². The Morgan fingerprint density at radius 1 is 1.31 bits per heavy atom. The van der Waals surface area contributed by atoms with Gasteiger partial charge in [-0.2, -0.15) is 11.8 Å². The third-order valence-electron chi connectivity index (χ3n) is 2.98. The van der Waals surface area contributed by atoms with E-state index < -0.39 is 0 Å². The maximum atomic E-state index is 3.50. The van der Waals surface area contributed by atoms with E-state index >= 15 is 0 Å². The van der Waals surface area contributed by atoms with Crippen LogP contribution in [0, 0.1) is 5.41 Å². The zero-order chi connectivity index (χ0) is 12.4. The Labute approximate surface area is 107 Å². The monoisotopic (exact) mass is 246 g/mol. The van der Waals surface area contributed by atoms with E-state index in [2.05, 4.69) is 44.3 Å². The lowest BCUT2D eigenvalue weighted by Gasteiger charge is -2.34. The van der Waals surface area contributed by atoms with Crippen molar-refractivity contribution in [3.63, 3.8) is 0 Å². The maximum Gasteiger partial charge on any atom is 0.00694 e. The van der Waals surface area contributed by atoms with Crippen molar-refractivity contribution >= 4 is 11.8 Å². The van der Waals surface area contributed by atoms with E-state index in [0.717, 1.165) is 13.1 Å². The van der Waals surface area contributed by atoms with Gasteiger partial charge in [0.05, 0.1) is 0 Å². The van der Waals surface area contributed by atoms with Crippen molar-refractivity contribution in [2.75, 3.05) is 45.2 Å². The van der Waals surface area contributed by atoms with Crippen molar-refractivity contribution in [2.45, 2.75) is 33.6 Å². The number of hydrogen-bond donors (Lipinski definition) is 1. The quantitative estimate of drug-likeness (QED) is 0.638. The minimum absolute atomic E-state index is 0.428. The smallest absolute Gasteiger partial charge is 0.00694 e. The molecule has 98 valence electrons. The van der Waals surface area contributed by atoms with Gasteiger partial charge in [0.15, 0.2) is 0 Å². The highest BCUT2D eigenvalue weighted by molar-refractivity contribution is 7.98. The third kappa shape index (κ3) is 7.53. The fraction of sp³-hybridized carbons (Fsp3) is 1.00. The highest BCUT2D eigenvalue weighted by atomic mass is 32.2. The number of hydrogen-bond acceptors (Lipinski definition) is 3. The Morgan fingerprint density at radius 2 is 2.00 bits per heavy atom. The van der Waals surface area contributed by atoms with E-state index in [-0.39, 0.29) is 0 Å². The topological polar surface area (TPSA) is 15.3 Å². The van der Waals surface area contributed by atoms with Crippen molar-refractivity contribution < 1.29 is 0 Å². The van der Waals surface area contributed by atoms with Crippen LogP contribution in [0.15, 0.2) is 0 Å². The minimum Gasteiger partial charge on any atom is -0.316 e. The van der Waals surface area contributed by atoms with Gasteiger partial charge in [-0.3, -0.25) is 0 Å². The van der Waals surface area contributed by atoms with Crippen molar-refractivity contribution in [3.05, 3.63) is 0 Å². The molecule has 0 heterocycles. The van der Waals surface area contributed by atoms with E-state index in [1.165, 1.54) is 31.7 Å². The first-order valence-electron chi connectivity index (χ1n) is 6.46. The van der Waals surface area contributed by atoms with Gasteiger partial charge in [0, 0.05) is 25.4 Å². The molecule has 16 heavy (non-hydrogen) atoms. The van der Waals surface area contributed by atoms with Crippen LogP contribution in [0.2, 0.25) is 0 Å². The molecule has 0 aromatic heterocycles. The molecule has 0 aromatic carbocycles. The van der Waals surface area contributed by atoms with Gasteiger partial charge in [0.25, 0.3) is 0 Å². The first-order chi connectivity index (χ1) is 7.58. The maximum absolute atomic E-state index is 3.50. The number of nitrogens with zero attached hydrogens (tertiary/aromatic N) is 1. The molecule has 0 aliphatic heterocycles. The van der Waals surface area contributed by atoms with Gasteiger partial charge in [-0.05, 0) is 31.7 Å². The predicted molar refractivity (Wildman–Crippen MR) is 77.4 cm³/mol. The summed E-state index contributed by atoms with van der Waals surface area (Å²) < 4.78 is 0. The summed E-state index contributed by atoms with van der Waals surface area (Å²) >= 11 is 1.93. The summed E-state index contributed by atoms with van der Waals surface area (Å²) in [6.45, 7) is 11.5. The summed E-state index contributed by atoms with van der Waals surface area (Å²) in [5.41, 5.74) is 0.428. The normalized spacial score (nSPS) is 15.4. The van der Waals surface area contributed by atoms with Crippen LogP contribution in [-0.4, -0.2) is 50.1 Å². The Bertz CT molecular complexity index is 164. The molecule has 0 spiro atoms. The van der Waals surface area contributed by atoms with Crippen LogP contribution in [0.5, 0.6) is 0 Å². The van der Waals surface area contributed by atoms with Gasteiger partial charge in [0.1, 0.15) is 0 Å². The van der Waals surface area contributed by atoms with Gasteiger partial charge in [-0.15, -0.1) is 0 Å². The number of rotatable bonds is 10. The van der Waals surface area contributed by atoms with E-state index in [9.17, 15) is 0 Å². The van der Waals surface area contributed by atoms with Gasteiger partial charge in [0.2, 0.25) is 0 Å². The molecule has 0 bridgehead atoms. The lowest BCUT2D eigenvalue weighted by Crippen LogP contribution is -2.41. The zero-order valence-electron chi connectivity index (χ0n) is 11.8. The molecule has 0 amide bonds. The molecular weight excluding hydrogens is 216 g/mol. The Balaban J connectivity index is 4.07. The number of thioether (sulfide) groups is 1.